The van der Waals surface area contributed by atoms with Crippen molar-refractivity contribution in [3.8, 4) is 5.75 Å². The van der Waals surface area contributed by atoms with Crippen molar-refractivity contribution in [1.29, 1.82) is 0 Å². The van der Waals surface area contributed by atoms with Crippen LogP contribution in [0.1, 0.15) is 12.0 Å². The number of rotatable bonds is 7. The Balaban J connectivity index is 1.84. The lowest BCUT2D eigenvalue weighted by atomic mass is 10.2. The van der Waals surface area contributed by atoms with Crippen molar-refractivity contribution < 1.29 is 18.3 Å². The van der Waals surface area contributed by atoms with Gasteiger partial charge in [-0.05, 0) is 31.2 Å². The van der Waals surface area contributed by atoms with Gasteiger partial charge in [0.05, 0.1) is 5.69 Å². The molecule has 6 heteroatoms. The largest absolute Gasteiger partial charge is 0.433 e. The highest BCUT2D eigenvalue weighted by molar-refractivity contribution is 7.99. The topological polar surface area (TPSA) is 38.3 Å². The maximum atomic E-state index is 12.3. The quantitative estimate of drug-likeness (QED) is 0.743. The van der Waals surface area contributed by atoms with E-state index in [9.17, 15) is 13.6 Å². The van der Waals surface area contributed by atoms with E-state index in [1.165, 1.54) is 17.7 Å². The number of carbonyl (C=O) groups is 1. The molecule has 0 atom stereocenters. The van der Waals surface area contributed by atoms with E-state index in [1.807, 2.05) is 31.2 Å². The van der Waals surface area contributed by atoms with E-state index in [0.29, 0.717) is 5.75 Å². The fourth-order valence-electron chi connectivity index (χ4n) is 1.88. The van der Waals surface area contributed by atoms with Crippen LogP contribution in [0.2, 0.25) is 0 Å². The van der Waals surface area contributed by atoms with Crippen LogP contribution in [0.5, 0.6) is 5.75 Å². The summed E-state index contributed by atoms with van der Waals surface area (Å²) in [5.41, 5.74) is 1.43. The van der Waals surface area contributed by atoms with Crippen molar-refractivity contribution in [2.75, 3.05) is 11.1 Å². The van der Waals surface area contributed by atoms with Crippen LogP contribution in [0.3, 0.4) is 0 Å². The molecule has 2 rings (SSSR count). The molecule has 0 aromatic heterocycles. The van der Waals surface area contributed by atoms with E-state index < -0.39 is 6.61 Å². The molecule has 0 fully saturated rings. The molecule has 0 aliphatic carbocycles. The van der Waals surface area contributed by atoms with Gasteiger partial charge in [0.15, 0.2) is 0 Å². The number of alkyl halides is 2. The Hall–Kier alpha value is -2.08. The lowest BCUT2D eigenvalue weighted by molar-refractivity contribution is -0.115. The molecule has 0 aliphatic heterocycles. The zero-order chi connectivity index (χ0) is 16.7. The predicted molar refractivity (Wildman–Crippen MR) is 88.2 cm³/mol. The van der Waals surface area contributed by atoms with Crippen molar-refractivity contribution in [2.24, 2.45) is 0 Å². The molecule has 0 saturated heterocycles. The molecule has 122 valence electrons. The second kappa shape index (κ2) is 8.53. The molecule has 1 N–H and O–H groups in total. The van der Waals surface area contributed by atoms with Crippen LogP contribution in [0.25, 0.3) is 0 Å². The first-order valence-corrected chi connectivity index (χ1v) is 8.06. The number of thioether (sulfide) groups is 1. The highest BCUT2D eigenvalue weighted by atomic mass is 32.2. The Morgan fingerprint density at radius 2 is 1.87 bits per heavy atom. The van der Waals surface area contributed by atoms with Gasteiger partial charge in [0.1, 0.15) is 5.75 Å². The van der Waals surface area contributed by atoms with Crippen molar-refractivity contribution in [1.82, 2.24) is 0 Å². The van der Waals surface area contributed by atoms with Gasteiger partial charge in [0, 0.05) is 17.1 Å². The third-order valence-electron chi connectivity index (χ3n) is 3.00. The molecule has 0 unspecified atom stereocenters. The van der Waals surface area contributed by atoms with Crippen molar-refractivity contribution in [3.63, 3.8) is 0 Å². The van der Waals surface area contributed by atoms with Crippen molar-refractivity contribution in [3.05, 3.63) is 54.1 Å². The summed E-state index contributed by atoms with van der Waals surface area (Å²) in [5.74, 6) is 0.323. The highest BCUT2D eigenvalue weighted by Crippen LogP contribution is 2.26. The van der Waals surface area contributed by atoms with Gasteiger partial charge in [-0.3, -0.25) is 4.79 Å². The van der Waals surface area contributed by atoms with Gasteiger partial charge in [-0.25, -0.2) is 0 Å². The molecule has 2 aromatic carbocycles. The van der Waals surface area contributed by atoms with E-state index in [-0.39, 0.29) is 23.8 Å². The fraction of sp³-hybridized carbons (Fsp3) is 0.235. The van der Waals surface area contributed by atoms with Crippen molar-refractivity contribution >= 4 is 23.4 Å². The van der Waals surface area contributed by atoms with Crippen LogP contribution in [-0.4, -0.2) is 18.3 Å². The maximum Gasteiger partial charge on any atom is 0.387 e. The van der Waals surface area contributed by atoms with Crippen LogP contribution < -0.4 is 10.1 Å². The molecule has 0 bridgehead atoms. The molecule has 0 heterocycles. The lowest BCUT2D eigenvalue weighted by Gasteiger charge is -2.11. The number of para-hydroxylation sites is 2. The predicted octanol–water partition coefficient (Wildman–Crippen LogP) is 4.72. The van der Waals surface area contributed by atoms with E-state index in [0.717, 1.165) is 4.90 Å². The fourth-order valence-corrected chi connectivity index (χ4v) is 2.73. The van der Waals surface area contributed by atoms with Crippen LogP contribution >= 0.6 is 11.8 Å². The molecular formula is C17H17F2NO2S. The normalized spacial score (nSPS) is 10.6. The van der Waals surface area contributed by atoms with Crippen LogP contribution in [-0.2, 0) is 4.79 Å². The molecule has 0 spiro atoms. The molecule has 2 aromatic rings. The number of benzene rings is 2. The third kappa shape index (κ3) is 5.90. The summed E-state index contributed by atoms with van der Waals surface area (Å²) in [6.45, 7) is -0.911. The number of ether oxygens (including phenoxy) is 1. The Morgan fingerprint density at radius 3 is 2.57 bits per heavy atom. The van der Waals surface area contributed by atoms with Gasteiger partial charge in [-0.1, -0.05) is 29.8 Å². The molecule has 0 saturated carbocycles. The lowest BCUT2D eigenvalue weighted by Crippen LogP contribution is -2.14. The average Bonchev–Trinajstić information content (AvgIpc) is 2.51. The second-order valence-electron chi connectivity index (χ2n) is 4.83. The number of aryl methyl sites for hydroxylation is 1. The van der Waals surface area contributed by atoms with E-state index in [1.54, 1.807) is 23.9 Å². The minimum Gasteiger partial charge on any atom is -0.433 e. The number of amides is 1. The van der Waals surface area contributed by atoms with Gasteiger partial charge in [0.2, 0.25) is 5.91 Å². The van der Waals surface area contributed by atoms with Crippen LogP contribution in [0.15, 0.2) is 53.4 Å². The maximum absolute atomic E-state index is 12.3. The van der Waals surface area contributed by atoms with Crippen LogP contribution in [0.4, 0.5) is 14.5 Å². The number of carbonyl (C=O) groups excluding carboxylic acids is 1. The molecule has 0 aliphatic rings. The minimum atomic E-state index is -2.93. The highest BCUT2D eigenvalue weighted by Gasteiger charge is 2.11. The molecule has 1 amide bonds. The number of hydrogen-bond acceptors (Lipinski definition) is 3. The second-order valence-corrected chi connectivity index (χ2v) is 6.00. The summed E-state index contributed by atoms with van der Waals surface area (Å²) < 4.78 is 29.0. The average molecular weight is 337 g/mol. The van der Waals surface area contributed by atoms with E-state index in [2.05, 4.69) is 10.1 Å². The first-order valence-electron chi connectivity index (χ1n) is 7.08. The first-order chi connectivity index (χ1) is 11.0. The van der Waals surface area contributed by atoms with Gasteiger partial charge in [-0.15, -0.1) is 11.8 Å². The summed E-state index contributed by atoms with van der Waals surface area (Å²) in [5, 5.41) is 2.60. The van der Waals surface area contributed by atoms with E-state index in [4.69, 9.17) is 0 Å². The van der Waals surface area contributed by atoms with Gasteiger partial charge < -0.3 is 10.1 Å². The zero-order valence-corrected chi connectivity index (χ0v) is 13.4. The smallest absolute Gasteiger partial charge is 0.387 e. The Morgan fingerprint density at radius 1 is 1.17 bits per heavy atom. The number of anilines is 1. The van der Waals surface area contributed by atoms with Gasteiger partial charge >= 0.3 is 6.61 Å². The number of nitrogens with one attached hydrogen (secondary N) is 1. The van der Waals surface area contributed by atoms with Crippen molar-refractivity contribution in [2.45, 2.75) is 24.9 Å². The minimum absolute atomic E-state index is 0.0398. The molecule has 23 heavy (non-hydrogen) atoms. The van der Waals surface area contributed by atoms with Gasteiger partial charge in [-0.2, -0.15) is 8.78 Å². The first kappa shape index (κ1) is 17.3. The summed E-state index contributed by atoms with van der Waals surface area (Å²) in [6.07, 6.45) is 0.279. The summed E-state index contributed by atoms with van der Waals surface area (Å²) in [4.78, 5) is 13.0. The monoisotopic (exact) mass is 337 g/mol. The standard InChI is InChI=1S/C17H17F2NO2S/c1-12-6-8-13(9-7-12)23-11-10-16(21)20-14-4-2-3-5-15(14)22-17(18)19/h2-9,17H,10-11H2,1H3,(H,20,21). The zero-order valence-electron chi connectivity index (χ0n) is 12.6. The Labute approximate surface area is 138 Å². The molecule has 3 nitrogen and oxygen atoms in total. The SMILES string of the molecule is Cc1ccc(SCCC(=O)Nc2ccccc2OC(F)F)cc1. The summed E-state index contributed by atoms with van der Waals surface area (Å²) in [7, 11) is 0. The summed E-state index contributed by atoms with van der Waals surface area (Å²) in [6, 6.07) is 14.2. The Bertz CT molecular complexity index is 647. The van der Waals surface area contributed by atoms with Crippen LogP contribution in [0, 0.1) is 6.92 Å². The number of hydrogen-bond donors (Lipinski definition) is 1. The van der Waals surface area contributed by atoms with E-state index >= 15 is 0 Å². The number of halogens is 2. The third-order valence-corrected chi connectivity index (χ3v) is 4.01. The molecular weight excluding hydrogens is 320 g/mol. The molecule has 0 radical (unpaired) electrons. The van der Waals surface area contributed by atoms with Gasteiger partial charge in [0.25, 0.3) is 0 Å². The Kier molecular flexibility index (Phi) is 6.40. The summed E-state index contributed by atoms with van der Waals surface area (Å²) >= 11 is 1.57.